The second kappa shape index (κ2) is 5.69. The van der Waals surface area contributed by atoms with Gasteiger partial charge in [-0.15, -0.1) is 11.3 Å². The van der Waals surface area contributed by atoms with Gasteiger partial charge in [-0.2, -0.15) is 0 Å². The minimum atomic E-state index is -0.144. The minimum absolute atomic E-state index is 0.144. The van der Waals surface area contributed by atoms with E-state index in [-0.39, 0.29) is 6.04 Å². The van der Waals surface area contributed by atoms with Gasteiger partial charge >= 0.3 is 0 Å². The van der Waals surface area contributed by atoms with E-state index >= 15 is 0 Å². The number of nitrogens with one attached hydrogen (secondary N) is 1. The highest BCUT2D eigenvalue weighted by Crippen LogP contribution is 2.36. The van der Waals surface area contributed by atoms with Crippen LogP contribution in [0.25, 0.3) is 0 Å². The van der Waals surface area contributed by atoms with Crippen molar-refractivity contribution in [3.8, 4) is 0 Å². The first kappa shape index (κ1) is 13.3. The van der Waals surface area contributed by atoms with E-state index in [0.29, 0.717) is 10.0 Å². The molecule has 17 heavy (non-hydrogen) atoms. The molecule has 6 heteroatoms. The third-order valence-electron chi connectivity index (χ3n) is 2.35. The summed E-state index contributed by atoms with van der Waals surface area (Å²) >= 11 is 17.1. The van der Waals surface area contributed by atoms with Crippen molar-refractivity contribution in [2.75, 3.05) is 0 Å². The van der Waals surface area contributed by atoms with Gasteiger partial charge in [0.2, 0.25) is 0 Å². The highest BCUT2D eigenvalue weighted by molar-refractivity contribution is 9.10. The number of hydrogen-bond acceptors (Lipinski definition) is 3. The van der Waals surface area contributed by atoms with Crippen LogP contribution in [0.1, 0.15) is 16.5 Å². The third kappa shape index (κ3) is 2.84. The van der Waals surface area contributed by atoms with E-state index in [1.807, 2.05) is 29.6 Å². The third-order valence-corrected chi connectivity index (χ3v) is 4.69. The number of hydrazine groups is 1. The Balaban J connectivity index is 2.46. The van der Waals surface area contributed by atoms with Gasteiger partial charge in [0.05, 0.1) is 11.1 Å². The smallest absolute Gasteiger partial charge is 0.0828 e. The second-order valence-electron chi connectivity index (χ2n) is 3.40. The van der Waals surface area contributed by atoms with Crippen molar-refractivity contribution in [1.29, 1.82) is 0 Å². The molecule has 0 saturated heterocycles. The molecule has 0 aliphatic heterocycles. The van der Waals surface area contributed by atoms with Gasteiger partial charge < -0.3 is 0 Å². The normalized spacial score (nSPS) is 12.7. The first-order valence-electron chi connectivity index (χ1n) is 4.77. The van der Waals surface area contributed by atoms with Crippen LogP contribution in [0.3, 0.4) is 0 Å². The van der Waals surface area contributed by atoms with Crippen molar-refractivity contribution in [3.63, 3.8) is 0 Å². The summed E-state index contributed by atoms with van der Waals surface area (Å²) in [6.45, 7) is 0. The van der Waals surface area contributed by atoms with Gasteiger partial charge in [-0.25, -0.2) is 5.43 Å². The monoisotopic (exact) mass is 350 g/mol. The lowest BCUT2D eigenvalue weighted by Crippen LogP contribution is -2.28. The van der Waals surface area contributed by atoms with Gasteiger partial charge in [-0.3, -0.25) is 5.84 Å². The molecule has 3 N–H and O–H groups in total. The molecule has 0 aliphatic rings. The Morgan fingerprint density at radius 1 is 1.29 bits per heavy atom. The quantitative estimate of drug-likeness (QED) is 0.636. The van der Waals surface area contributed by atoms with E-state index in [1.54, 1.807) is 11.3 Å². The van der Waals surface area contributed by atoms with Crippen LogP contribution in [-0.4, -0.2) is 0 Å². The first-order chi connectivity index (χ1) is 8.13. The van der Waals surface area contributed by atoms with Gasteiger partial charge in [0.1, 0.15) is 0 Å². The molecule has 0 fully saturated rings. The fraction of sp³-hybridized carbons (Fsp3) is 0.0909. The summed E-state index contributed by atoms with van der Waals surface area (Å²) in [7, 11) is 0. The molecule has 1 unspecified atom stereocenters. The van der Waals surface area contributed by atoms with Crippen LogP contribution < -0.4 is 11.3 Å². The zero-order chi connectivity index (χ0) is 12.4. The number of rotatable bonds is 3. The molecule has 0 amide bonds. The largest absolute Gasteiger partial charge is 0.271 e. The Hall–Kier alpha value is -0.100. The van der Waals surface area contributed by atoms with E-state index in [2.05, 4.69) is 21.4 Å². The number of hydrogen-bond donors (Lipinski definition) is 2. The van der Waals surface area contributed by atoms with Crippen LogP contribution in [0.5, 0.6) is 0 Å². The molecule has 1 aromatic carbocycles. The molecule has 90 valence electrons. The molecule has 1 heterocycles. The fourth-order valence-electron chi connectivity index (χ4n) is 1.55. The molecule has 1 atom stereocenters. The molecule has 1 aromatic heterocycles. The van der Waals surface area contributed by atoms with Crippen molar-refractivity contribution in [2.45, 2.75) is 6.04 Å². The van der Waals surface area contributed by atoms with Gasteiger partial charge in [0.15, 0.2) is 0 Å². The average molecular weight is 352 g/mol. The number of nitrogens with two attached hydrogens (primary N) is 1. The molecule has 2 aromatic rings. The van der Waals surface area contributed by atoms with Crippen LogP contribution in [0.4, 0.5) is 0 Å². The summed E-state index contributed by atoms with van der Waals surface area (Å²) in [4.78, 5) is 0.984. The molecular formula is C11H9BrCl2N2S. The Kier molecular flexibility index (Phi) is 4.47. The fourth-order valence-corrected chi connectivity index (χ4v) is 3.71. The van der Waals surface area contributed by atoms with Crippen LogP contribution in [0.2, 0.25) is 10.0 Å². The van der Waals surface area contributed by atoms with Crippen LogP contribution in [0, 0.1) is 0 Å². The van der Waals surface area contributed by atoms with Crippen LogP contribution in [-0.2, 0) is 0 Å². The highest BCUT2D eigenvalue weighted by Gasteiger charge is 2.19. The van der Waals surface area contributed by atoms with E-state index in [9.17, 15) is 0 Å². The Labute approximate surface area is 122 Å². The number of thiophene rings is 1. The van der Waals surface area contributed by atoms with Crippen molar-refractivity contribution in [3.05, 3.63) is 54.6 Å². The second-order valence-corrected chi connectivity index (χ2v) is 6.04. The first-order valence-corrected chi connectivity index (χ1v) is 7.20. The maximum Gasteiger partial charge on any atom is 0.0828 e. The standard InChI is InChI=1S/C11H9BrCl2N2S/c12-8-5-6(13)1-2-7(8)10(16-15)11-9(14)3-4-17-11/h1-5,10,16H,15H2. The van der Waals surface area contributed by atoms with Gasteiger partial charge in [0, 0.05) is 14.4 Å². The lowest BCUT2D eigenvalue weighted by molar-refractivity contribution is 0.644. The van der Waals surface area contributed by atoms with E-state index in [1.165, 1.54) is 0 Å². The van der Waals surface area contributed by atoms with Gasteiger partial charge in [-0.1, -0.05) is 45.2 Å². The summed E-state index contributed by atoms with van der Waals surface area (Å²) in [5.74, 6) is 5.62. The molecule has 0 saturated carbocycles. The summed E-state index contributed by atoms with van der Waals surface area (Å²) in [5.41, 5.74) is 3.78. The predicted octanol–water partition coefficient (Wildman–Crippen LogP) is 4.37. The SMILES string of the molecule is NNC(c1ccc(Cl)cc1Br)c1sccc1Cl. The minimum Gasteiger partial charge on any atom is -0.271 e. The number of halogens is 3. The number of benzene rings is 1. The zero-order valence-corrected chi connectivity index (χ0v) is 12.5. The maximum atomic E-state index is 6.12. The van der Waals surface area contributed by atoms with Crippen LogP contribution in [0.15, 0.2) is 34.1 Å². The molecule has 0 bridgehead atoms. The van der Waals surface area contributed by atoms with Gasteiger partial charge in [0.25, 0.3) is 0 Å². The van der Waals surface area contributed by atoms with E-state index < -0.39 is 0 Å². The zero-order valence-electron chi connectivity index (χ0n) is 8.58. The highest BCUT2D eigenvalue weighted by atomic mass is 79.9. The molecule has 2 rings (SSSR count). The van der Waals surface area contributed by atoms with Crippen molar-refractivity contribution in [2.24, 2.45) is 5.84 Å². The average Bonchev–Trinajstić information content (AvgIpc) is 2.69. The summed E-state index contributed by atoms with van der Waals surface area (Å²) in [6, 6.07) is 7.30. The molecule has 2 nitrogen and oxygen atoms in total. The lowest BCUT2D eigenvalue weighted by atomic mass is 10.1. The maximum absolute atomic E-state index is 6.12. The topological polar surface area (TPSA) is 38.0 Å². The molecular weight excluding hydrogens is 343 g/mol. The lowest BCUT2D eigenvalue weighted by Gasteiger charge is -2.17. The van der Waals surface area contributed by atoms with Crippen molar-refractivity contribution >= 4 is 50.5 Å². The van der Waals surface area contributed by atoms with E-state index in [0.717, 1.165) is 14.9 Å². The van der Waals surface area contributed by atoms with Crippen molar-refractivity contribution < 1.29 is 0 Å². The summed E-state index contributed by atoms with van der Waals surface area (Å²) in [6.07, 6.45) is 0. The van der Waals surface area contributed by atoms with E-state index in [4.69, 9.17) is 29.0 Å². The molecule has 0 radical (unpaired) electrons. The Bertz CT molecular complexity index is 530. The summed E-state index contributed by atoms with van der Waals surface area (Å²) < 4.78 is 0.900. The molecule has 0 aliphatic carbocycles. The Morgan fingerprint density at radius 2 is 2.06 bits per heavy atom. The summed E-state index contributed by atoms with van der Waals surface area (Å²) in [5, 5.41) is 3.32. The predicted molar refractivity (Wildman–Crippen MR) is 77.6 cm³/mol. The molecule has 0 spiro atoms. The van der Waals surface area contributed by atoms with Gasteiger partial charge in [-0.05, 0) is 29.1 Å². The van der Waals surface area contributed by atoms with Crippen LogP contribution >= 0.6 is 50.5 Å². The Morgan fingerprint density at radius 3 is 2.59 bits per heavy atom. The van der Waals surface area contributed by atoms with Crippen molar-refractivity contribution in [1.82, 2.24) is 5.43 Å².